The van der Waals surface area contributed by atoms with E-state index >= 15 is 0 Å². The average Bonchev–Trinajstić information content (AvgIpc) is 2.71. The van der Waals surface area contributed by atoms with E-state index < -0.39 is 68.0 Å². The molecule has 0 saturated carbocycles. The summed E-state index contributed by atoms with van der Waals surface area (Å²) >= 11 is 0. The lowest BCUT2D eigenvalue weighted by Gasteiger charge is -2.42. The molecule has 2 rings (SSSR count). The topological polar surface area (TPSA) is 179 Å². The Kier molecular flexibility index (Phi) is 10.1. The van der Waals surface area contributed by atoms with Crippen molar-refractivity contribution in [3.8, 4) is 0 Å². The molecule has 0 aromatic heterocycles. The van der Waals surface area contributed by atoms with E-state index in [0.717, 1.165) is 25.7 Å². The van der Waals surface area contributed by atoms with Gasteiger partial charge in [-0.05, 0) is 6.42 Å². The fraction of sp³-hybridized carbons (Fsp3) is 1.00. The summed E-state index contributed by atoms with van der Waals surface area (Å²) in [5, 5.41) is 68.9. The first-order valence-corrected chi connectivity index (χ1v) is 10.0. The number of aliphatic hydroxyl groups excluding tert-OH is 7. The van der Waals surface area contributed by atoms with Crippen LogP contribution in [-0.2, 0) is 18.9 Å². The average molecular weight is 426 g/mol. The van der Waals surface area contributed by atoms with E-state index in [1.54, 1.807) is 0 Å². The van der Waals surface area contributed by atoms with Crippen molar-refractivity contribution in [3.63, 3.8) is 0 Å². The molecule has 0 unspecified atom stereocenters. The summed E-state index contributed by atoms with van der Waals surface area (Å²) in [6, 6.07) is 0. The molecule has 11 nitrogen and oxygen atoms in total. The highest BCUT2D eigenvalue weighted by atomic mass is 16.7. The molecule has 2 aliphatic heterocycles. The second kappa shape index (κ2) is 11.8. The summed E-state index contributed by atoms with van der Waals surface area (Å²) in [4.78, 5) is 0. The van der Waals surface area contributed by atoms with Gasteiger partial charge in [-0.2, -0.15) is 0 Å². The number of aliphatic hydroxyl groups is 7. The molecule has 0 spiro atoms. The van der Waals surface area contributed by atoms with Crippen LogP contribution in [0.25, 0.3) is 0 Å². The minimum absolute atomic E-state index is 0.0108. The molecule has 0 bridgehead atoms. The maximum atomic E-state index is 10.1. The highest BCUT2D eigenvalue weighted by molar-refractivity contribution is 4.91. The van der Waals surface area contributed by atoms with E-state index in [9.17, 15) is 35.7 Å². The third kappa shape index (κ3) is 6.52. The molecule has 0 radical (unpaired) electrons. The van der Waals surface area contributed by atoms with Gasteiger partial charge in [-0.25, -0.2) is 0 Å². The first-order chi connectivity index (χ1) is 13.8. The summed E-state index contributed by atoms with van der Waals surface area (Å²) in [5.74, 6) is 0. The SMILES string of the molecule is CCCCCCOC[C@H]1O[C@@H](OC[C@H]2O[C@@H](O)[C@H](O)[C@@H](O)[C@@H]2O)[C@H](O)[C@@H](O)[C@@H]1O. The van der Waals surface area contributed by atoms with Crippen molar-refractivity contribution < 1.29 is 54.7 Å². The summed E-state index contributed by atoms with van der Waals surface area (Å²) in [6.07, 6.45) is -10.5. The van der Waals surface area contributed by atoms with Gasteiger partial charge in [-0.3, -0.25) is 0 Å². The van der Waals surface area contributed by atoms with Crippen molar-refractivity contribution in [2.24, 2.45) is 0 Å². The molecule has 0 aromatic rings. The summed E-state index contributed by atoms with van der Waals surface area (Å²) in [7, 11) is 0. The zero-order chi connectivity index (χ0) is 21.6. The Balaban J connectivity index is 1.84. The van der Waals surface area contributed by atoms with Crippen LogP contribution in [0.2, 0.25) is 0 Å². The lowest BCUT2D eigenvalue weighted by atomic mass is 9.98. The number of unbranched alkanes of at least 4 members (excludes halogenated alkanes) is 3. The van der Waals surface area contributed by atoms with Crippen molar-refractivity contribution in [2.75, 3.05) is 19.8 Å². The minimum atomic E-state index is -1.72. The highest BCUT2D eigenvalue weighted by Gasteiger charge is 2.47. The Morgan fingerprint density at radius 3 is 1.93 bits per heavy atom. The largest absolute Gasteiger partial charge is 0.387 e. The van der Waals surface area contributed by atoms with E-state index in [1.165, 1.54) is 0 Å². The molecule has 2 fully saturated rings. The van der Waals surface area contributed by atoms with Crippen molar-refractivity contribution in [3.05, 3.63) is 0 Å². The van der Waals surface area contributed by atoms with E-state index in [1.807, 2.05) is 0 Å². The van der Waals surface area contributed by atoms with Gasteiger partial charge in [-0.15, -0.1) is 0 Å². The number of hydrogen-bond donors (Lipinski definition) is 7. The molecule has 0 aromatic carbocycles. The molecule has 0 aliphatic carbocycles. The molecule has 172 valence electrons. The lowest BCUT2D eigenvalue weighted by Crippen LogP contribution is -2.61. The molecule has 29 heavy (non-hydrogen) atoms. The van der Waals surface area contributed by atoms with Gasteiger partial charge in [0.05, 0.1) is 13.2 Å². The highest BCUT2D eigenvalue weighted by Crippen LogP contribution is 2.25. The molecule has 10 atom stereocenters. The van der Waals surface area contributed by atoms with E-state index in [2.05, 4.69) is 6.92 Å². The molecule has 0 amide bonds. The number of ether oxygens (including phenoxy) is 4. The van der Waals surface area contributed by atoms with Crippen LogP contribution in [0, 0.1) is 0 Å². The zero-order valence-electron chi connectivity index (χ0n) is 16.5. The maximum Gasteiger partial charge on any atom is 0.186 e. The third-order valence-electron chi connectivity index (χ3n) is 5.20. The van der Waals surface area contributed by atoms with Gasteiger partial charge >= 0.3 is 0 Å². The molecule has 2 aliphatic rings. The van der Waals surface area contributed by atoms with Crippen LogP contribution in [0.1, 0.15) is 32.6 Å². The molecular formula is C18H34O11. The molecular weight excluding hydrogens is 392 g/mol. The van der Waals surface area contributed by atoms with Gasteiger partial charge in [0.2, 0.25) is 0 Å². The standard InChI is InChI=1S/C18H34O11/c1-2-3-4-5-6-26-7-9-11(19)14(22)16(24)18(29-9)27-8-10-12(20)13(21)15(23)17(25)28-10/h9-25H,2-8H2,1H3/t9-,10-,11-,12-,13+,14+,15-,16-,17-,18-/m1/s1. The van der Waals surface area contributed by atoms with Crippen molar-refractivity contribution in [1.29, 1.82) is 0 Å². The molecule has 11 heteroatoms. The Morgan fingerprint density at radius 2 is 1.28 bits per heavy atom. The monoisotopic (exact) mass is 426 g/mol. The van der Waals surface area contributed by atoms with Crippen LogP contribution < -0.4 is 0 Å². The maximum absolute atomic E-state index is 10.1. The van der Waals surface area contributed by atoms with Crippen LogP contribution in [0.15, 0.2) is 0 Å². The van der Waals surface area contributed by atoms with E-state index in [-0.39, 0.29) is 6.61 Å². The Hall–Kier alpha value is -0.440. The van der Waals surface area contributed by atoms with Crippen LogP contribution in [0.3, 0.4) is 0 Å². The fourth-order valence-electron chi connectivity index (χ4n) is 3.28. The zero-order valence-corrected chi connectivity index (χ0v) is 16.5. The smallest absolute Gasteiger partial charge is 0.186 e. The second-order valence-electron chi connectivity index (χ2n) is 7.52. The van der Waals surface area contributed by atoms with Crippen molar-refractivity contribution >= 4 is 0 Å². The van der Waals surface area contributed by atoms with E-state index in [0.29, 0.717) is 6.61 Å². The summed E-state index contributed by atoms with van der Waals surface area (Å²) in [6.45, 7) is 2.14. The second-order valence-corrected chi connectivity index (χ2v) is 7.52. The Labute approximate surface area is 169 Å². The summed E-state index contributed by atoms with van der Waals surface area (Å²) < 4.78 is 21.3. The van der Waals surface area contributed by atoms with Gasteiger partial charge in [0, 0.05) is 6.61 Å². The van der Waals surface area contributed by atoms with Crippen LogP contribution in [0.5, 0.6) is 0 Å². The van der Waals surface area contributed by atoms with Gasteiger partial charge in [0.15, 0.2) is 12.6 Å². The predicted octanol–water partition coefficient (Wildman–Crippen LogP) is -2.79. The third-order valence-corrected chi connectivity index (χ3v) is 5.20. The van der Waals surface area contributed by atoms with Gasteiger partial charge in [0.25, 0.3) is 0 Å². The first kappa shape index (κ1) is 24.8. The van der Waals surface area contributed by atoms with Crippen LogP contribution in [0.4, 0.5) is 0 Å². The van der Waals surface area contributed by atoms with Gasteiger partial charge < -0.3 is 54.7 Å². The first-order valence-electron chi connectivity index (χ1n) is 10.0. The fourth-order valence-corrected chi connectivity index (χ4v) is 3.28. The van der Waals surface area contributed by atoms with Crippen LogP contribution >= 0.6 is 0 Å². The van der Waals surface area contributed by atoms with Crippen molar-refractivity contribution in [1.82, 2.24) is 0 Å². The number of hydrogen-bond acceptors (Lipinski definition) is 11. The molecule has 7 N–H and O–H groups in total. The van der Waals surface area contributed by atoms with Gasteiger partial charge in [-0.1, -0.05) is 26.2 Å². The normalized spacial score (nSPS) is 43.4. The summed E-state index contributed by atoms with van der Waals surface area (Å²) in [5.41, 5.74) is 0. The molecule has 2 saturated heterocycles. The Morgan fingerprint density at radius 1 is 0.655 bits per heavy atom. The van der Waals surface area contributed by atoms with Crippen molar-refractivity contribution in [2.45, 2.75) is 94.0 Å². The quantitative estimate of drug-likeness (QED) is 0.180. The van der Waals surface area contributed by atoms with Crippen LogP contribution in [-0.4, -0.2) is 117 Å². The number of rotatable bonds is 10. The van der Waals surface area contributed by atoms with Gasteiger partial charge in [0.1, 0.15) is 48.8 Å². The Bertz CT molecular complexity index is 467. The predicted molar refractivity (Wildman–Crippen MR) is 96.5 cm³/mol. The molecule has 2 heterocycles. The lowest BCUT2D eigenvalue weighted by molar-refractivity contribution is -0.326. The minimum Gasteiger partial charge on any atom is -0.387 e. The van der Waals surface area contributed by atoms with E-state index in [4.69, 9.17) is 18.9 Å².